The van der Waals surface area contributed by atoms with Crippen molar-refractivity contribution in [2.75, 3.05) is 18.4 Å². The number of hydrogen-bond donors (Lipinski definition) is 4. The van der Waals surface area contributed by atoms with Gasteiger partial charge in [-0.05, 0) is 40.2 Å². The SMILES string of the molecule is CC(C)NC(=O)NCCCNC(=O)c1cnc(Cl)cc1NC(C)C. The third kappa shape index (κ3) is 7.50. The highest BCUT2D eigenvalue weighted by Crippen LogP contribution is 2.19. The number of hydrogen-bond acceptors (Lipinski definition) is 4. The van der Waals surface area contributed by atoms with Crippen LogP contribution in [0.2, 0.25) is 5.15 Å². The summed E-state index contributed by atoms with van der Waals surface area (Å²) in [5.41, 5.74) is 1.09. The molecule has 8 heteroatoms. The lowest BCUT2D eigenvalue weighted by Crippen LogP contribution is -2.40. The number of carbonyl (C=O) groups is 2. The molecule has 1 heterocycles. The Hall–Kier alpha value is -2.02. The van der Waals surface area contributed by atoms with Crippen molar-refractivity contribution in [2.24, 2.45) is 0 Å². The molecule has 0 spiro atoms. The molecule has 3 amide bonds. The van der Waals surface area contributed by atoms with Gasteiger partial charge in [0.15, 0.2) is 0 Å². The first kappa shape index (κ1) is 20.0. The van der Waals surface area contributed by atoms with Crippen LogP contribution in [0.1, 0.15) is 44.5 Å². The molecule has 0 aromatic carbocycles. The summed E-state index contributed by atoms with van der Waals surface area (Å²) in [6.07, 6.45) is 2.09. The molecule has 1 rings (SSSR count). The van der Waals surface area contributed by atoms with Crippen LogP contribution in [0.4, 0.5) is 10.5 Å². The van der Waals surface area contributed by atoms with E-state index in [0.29, 0.717) is 35.9 Å². The number of anilines is 1. The third-order valence-electron chi connectivity index (χ3n) is 2.90. The van der Waals surface area contributed by atoms with Gasteiger partial charge in [0.2, 0.25) is 0 Å². The van der Waals surface area contributed by atoms with Gasteiger partial charge in [-0.15, -0.1) is 0 Å². The molecule has 0 aliphatic rings. The van der Waals surface area contributed by atoms with Crippen LogP contribution in [0.25, 0.3) is 0 Å². The Morgan fingerprint density at radius 1 is 1.12 bits per heavy atom. The average Bonchev–Trinajstić information content (AvgIpc) is 2.45. The van der Waals surface area contributed by atoms with E-state index >= 15 is 0 Å². The summed E-state index contributed by atoms with van der Waals surface area (Å²) in [5, 5.41) is 11.8. The summed E-state index contributed by atoms with van der Waals surface area (Å²) in [6, 6.07) is 1.68. The summed E-state index contributed by atoms with van der Waals surface area (Å²) in [7, 11) is 0. The smallest absolute Gasteiger partial charge is 0.314 e. The standard InChI is InChI=1S/C16H26ClN5O2/c1-10(2)21-13-8-14(17)20-9-12(13)15(23)18-6-5-7-19-16(24)22-11(3)4/h8-11H,5-7H2,1-4H3,(H,18,23)(H,20,21)(H2,19,22,24). The summed E-state index contributed by atoms with van der Waals surface area (Å²) < 4.78 is 0. The molecule has 134 valence electrons. The molecule has 0 atom stereocenters. The van der Waals surface area contributed by atoms with Gasteiger partial charge in [0, 0.05) is 31.4 Å². The van der Waals surface area contributed by atoms with Crippen LogP contribution in [-0.2, 0) is 0 Å². The van der Waals surface area contributed by atoms with E-state index < -0.39 is 0 Å². The van der Waals surface area contributed by atoms with E-state index in [1.807, 2.05) is 27.7 Å². The Kier molecular flexibility index (Phi) is 8.32. The molecule has 0 radical (unpaired) electrons. The Balaban J connectivity index is 2.44. The van der Waals surface area contributed by atoms with E-state index in [2.05, 4.69) is 26.3 Å². The minimum absolute atomic E-state index is 0.0917. The van der Waals surface area contributed by atoms with Crippen molar-refractivity contribution >= 4 is 29.2 Å². The molecule has 0 saturated heterocycles. The van der Waals surface area contributed by atoms with Gasteiger partial charge < -0.3 is 21.3 Å². The lowest BCUT2D eigenvalue weighted by Gasteiger charge is -2.15. The normalized spacial score (nSPS) is 10.6. The second-order valence-electron chi connectivity index (χ2n) is 6.02. The second-order valence-corrected chi connectivity index (χ2v) is 6.40. The highest BCUT2D eigenvalue weighted by atomic mass is 35.5. The number of halogens is 1. The zero-order valence-electron chi connectivity index (χ0n) is 14.6. The van der Waals surface area contributed by atoms with Gasteiger partial charge in [0.05, 0.1) is 11.3 Å². The molecule has 24 heavy (non-hydrogen) atoms. The zero-order chi connectivity index (χ0) is 18.1. The van der Waals surface area contributed by atoms with Gasteiger partial charge in [-0.1, -0.05) is 11.6 Å². The molecule has 0 saturated carbocycles. The van der Waals surface area contributed by atoms with E-state index in [1.54, 1.807) is 6.07 Å². The Bertz CT molecular complexity index is 563. The molecule has 0 aliphatic carbocycles. The topological polar surface area (TPSA) is 95.2 Å². The molecule has 1 aromatic rings. The van der Waals surface area contributed by atoms with Crippen molar-refractivity contribution in [1.82, 2.24) is 20.9 Å². The first-order valence-electron chi connectivity index (χ1n) is 8.04. The fourth-order valence-electron chi connectivity index (χ4n) is 1.94. The Labute approximate surface area is 147 Å². The summed E-state index contributed by atoms with van der Waals surface area (Å²) in [4.78, 5) is 27.6. The predicted molar refractivity (Wildman–Crippen MR) is 96.6 cm³/mol. The molecule has 7 nitrogen and oxygen atoms in total. The van der Waals surface area contributed by atoms with Crippen molar-refractivity contribution in [3.63, 3.8) is 0 Å². The quantitative estimate of drug-likeness (QED) is 0.425. The Morgan fingerprint density at radius 2 is 1.79 bits per heavy atom. The van der Waals surface area contributed by atoms with E-state index in [4.69, 9.17) is 11.6 Å². The van der Waals surface area contributed by atoms with Gasteiger partial charge in [0.1, 0.15) is 5.15 Å². The number of nitrogens with one attached hydrogen (secondary N) is 4. The van der Waals surface area contributed by atoms with Crippen LogP contribution in [0.5, 0.6) is 0 Å². The number of carbonyl (C=O) groups excluding carboxylic acids is 2. The molecule has 0 bridgehead atoms. The highest BCUT2D eigenvalue weighted by Gasteiger charge is 2.13. The summed E-state index contributed by atoms with van der Waals surface area (Å²) >= 11 is 5.89. The second kappa shape index (κ2) is 9.97. The van der Waals surface area contributed by atoms with Crippen molar-refractivity contribution in [3.8, 4) is 0 Å². The highest BCUT2D eigenvalue weighted by molar-refractivity contribution is 6.29. The zero-order valence-corrected chi connectivity index (χ0v) is 15.3. The van der Waals surface area contributed by atoms with Crippen molar-refractivity contribution in [1.29, 1.82) is 0 Å². The predicted octanol–water partition coefficient (Wildman–Crippen LogP) is 2.38. The fourth-order valence-corrected chi connectivity index (χ4v) is 2.10. The van der Waals surface area contributed by atoms with Crippen molar-refractivity contribution < 1.29 is 9.59 Å². The van der Waals surface area contributed by atoms with E-state index in [9.17, 15) is 9.59 Å². The maximum absolute atomic E-state index is 12.3. The van der Waals surface area contributed by atoms with Crippen LogP contribution in [-0.4, -0.2) is 42.1 Å². The fraction of sp³-hybridized carbons (Fsp3) is 0.562. The van der Waals surface area contributed by atoms with Gasteiger partial charge in [0.25, 0.3) is 5.91 Å². The van der Waals surface area contributed by atoms with Crippen molar-refractivity contribution in [2.45, 2.75) is 46.2 Å². The molecule has 0 fully saturated rings. The monoisotopic (exact) mass is 355 g/mol. The molecule has 1 aromatic heterocycles. The van der Waals surface area contributed by atoms with Crippen LogP contribution >= 0.6 is 11.6 Å². The lowest BCUT2D eigenvalue weighted by atomic mass is 10.2. The van der Waals surface area contributed by atoms with Crippen molar-refractivity contribution in [3.05, 3.63) is 23.0 Å². The Morgan fingerprint density at radius 3 is 2.42 bits per heavy atom. The number of urea groups is 1. The number of pyridine rings is 1. The minimum atomic E-state index is -0.228. The minimum Gasteiger partial charge on any atom is -0.382 e. The molecule has 0 unspecified atom stereocenters. The van der Waals surface area contributed by atoms with Crippen LogP contribution < -0.4 is 21.3 Å². The summed E-state index contributed by atoms with van der Waals surface area (Å²) in [5.74, 6) is -0.228. The first-order valence-corrected chi connectivity index (χ1v) is 8.42. The molecule has 0 aliphatic heterocycles. The molecular formula is C16H26ClN5O2. The van der Waals surface area contributed by atoms with Crippen LogP contribution in [0.3, 0.4) is 0 Å². The lowest BCUT2D eigenvalue weighted by molar-refractivity contribution is 0.0954. The van der Waals surface area contributed by atoms with Gasteiger partial charge >= 0.3 is 6.03 Å². The average molecular weight is 356 g/mol. The van der Waals surface area contributed by atoms with Gasteiger partial charge in [-0.25, -0.2) is 9.78 Å². The number of nitrogens with zero attached hydrogens (tertiary/aromatic N) is 1. The maximum atomic E-state index is 12.3. The number of aromatic nitrogens is 1. The maximum Gasteiger partial charge on any atom is 0.314 e. The number of amides is 3. The molecular weight excluding hydrogens is 330 g/mol. The van der Waals surface area contributed by atoms with Crippen LogP contribution in [0.15, 0.2) is 12.3 Å². The first-order chi connectivity index (χ1) is 11.3. The van der Waals surface area contributed by atoms with Gasteiger partial charge in [-0.2, -0.15) is 0 Å². The van der Waals surface area contributed by atoms with E-state index in [1.165, 1.54) is 6.20 Å². The molecule has 4 N–H and O–H groups in total. The largest absolute Gasteiger partial charge is 0.382 e. The van der Waals surface area contributed by atoms with E-state index in [-0.39, 0.29) is 24.0 Å². The van der Waals surface area contributed by atoms with Crippen LogP contribution in [0, 0.1) is 0 Å². The van der Waals surface area contributed by atoms with E-state index in [0.717, 1.165) is 0 Å². The third-order valence-corrected chi connectivity index (χ3v) is 3.11. The summed E-state index contributed by atoms with van der Waals surface area (Å²) in [6.45, 7) is 8.67. The van der Waals surface area contributed by atoms with Gasteiger partial charge in [-0.3, -0.25) is 4.79 Å². The number of rotatable bonds is 8.